The number of hydrogen-bond acceptors (Lipinski definition) is 1. The van der Waals surface area contributed by atoms with Crippen molar-refractivity contribution < 1.29 is 0 Å². The minimum atomic E-state index is 1.03. The zero-order valence-electron chi connectivity index (χ0n) is 10.3. The Morgan fingerprint density at radius 2 is 1.42 bits per heavy atom. The van der Waals surface area contributed by atoms with Crippen molar-refractivity contribution in [3.05, 3.63) is 73.1 Å². The van der Waals surface area contributed by atoms with Crippen molar-refractivity contribution in [1.29, 1.82) is 0 Å². The first-order valence-corrected chi connectivity index (χ1v) is 6.33. The third-order valence-electron chi connectivity index (χ3n) is 3.45. The molecule has 0 N–H and O–H groups in total. The molecule has 2 heteroatoms. The van der Waals surface area contributed by atoms with Gasteiger partial charge in [0.15, 0.2) is 0 Å². The quantitative estimate of drug-likeness (QED) is 0.491. The first-order chi connectivity index (χ1) is 9.42. The van der Waals surface area contributed by atoms with Gasteiger partial charge < -0.3 is 0 Å². The summed E-state index contributed by atoms with van der Waals surface area (Å²) in [7, 11) is 0. The van der Waals surface area contributed by atoms with Crippen molar-refractivity contribution in [2.45, 2.75) is 0 Å². The van der Waals surface area contributed by atoms with Gasteiger partial charge in [0.2, 0.25) is 0 Å². The number of nitrogens with zero attached hydrogens (tertiary/aromatic N) is 2. The molecule has 19 heavy (non-hydrogen) atoms. The lowest BCUT2D eigenvalue weighted by atomic mass is 10.1. The number of aromatic nitrogens is 2. The van der Waals surface area contributed by atoms with Crippen LogP contribution in [0.4, 0.5) is 0 Å². The maximum absolute atomic E-state index is 4.51. The molecule has 0 aliphatic carbocycles. The minimum Gasteiger partial charge on any atom is -0.299 e. The molecule has 3 aromatic carbocycles. The normalized spacial score (nSPS) is 11.2. The highest BCUT2D eigenvalue weighted by molar-refractivity contribution is 5.95. The molecular formula is C17H12N2. The van der Waals surface area contributed by atoms with E-state index in [1.54, 1.807) is 0 Å². The molecule has 0 aliphatic heterocycles. The van der Waals surface area contributed by atoms with E-state index in [0.717, 1.165) is 16.7 Å². The predicted molar refractivity (Wildman–Crippen MR) is 78.6 cm³/mol. The highest BCUT2D eigenvalue weighted by atomic mass is 15.0. The van der Waals surface area contributed by atoms with Crippen LogP contribution in [0.1, 0.15) is 0 Å². The van der Waals surface area contributed by atoms with Gasteiger partial charge in [-0.05, 0) is 35.0 Å². The summed E-state index contributed by atoms with van der Waals surface area (Å²) in [5.74, 6) is 0. The lowest BCUT2D eigenvalue weighted by molar-refractivity contribution is 1.09. The zero-order chi connectivity index (χ0) is 12.7. The number of benzene rings is 3. The Bertz CT molecular complexity index is 860. The van der Waals surface area contributed by atoms with Crippen LogP contribution in [0, 0.1) is 0 Å². The average molecular weight is 244 g/mol. The molecule has 0 saturated heterocycles. The number of fused-ring (bicyclic) bond motifs is 2. The van der Waals surface area contributed by atoms with E-state index in [4.69, 9.17) is 0 Å². The molecule has 0 amide bonds. The summed E-state index contributed by atoms with van der Waals surface area (Å²) >= 11 is 0. The second kappa shape index (κ2) is 3.95. The van der Waals surface area contributed by atoms with E-state index in [9.17, 15) is 0 Å². The van der Waals surface area contributed by atoms with Gasteiger partial charge in [0.05, 0.1) is 11.0 Å². The first kappa shape index (κ1) is 10.3. The Morgan fingerprint density at radius 1 is 0.737 bits per heavy atom. The highest BCUT2D eigenvalue weighted by Crippen LogP contribution is 2.24. The summed E-state index contributed by atoms with van der Waals surface area (Å²) in [5.41, 5.74) is 3.31. The molecule has 0 saturated carbocycles. The molecule has 0 aliphatic rings. The van der Waals surface area contributed by atoms with E-state index in [1.807, 2.05) is 24.5 Å². The highest BCUT2D eigenvalue weighted by Gasteiger charge is 2.05. The van der Waals surface area contributed by atoms with Crippen molar-refractivity contribution in [2.75, 3.05) is 0 Å². The maximum atomic E-state index is 4.51. The van der Waals surface area contributed by atoms with Crippen LogP contribution in [0.2, 0.25) is 0 Å². The van der Waals surface area contributed by atoms with E-state index in [-0.39, 0.29) is 0 Å². The Kier molecular flexibility index (Phi) is 2.15. The topological polar surface area (TPSA) is 17.8 Å². The summed E-state index contributed by atoms with van der Waals surface area (Å²) in [4.78, 5) is 4.51. The minimum absolute atomic E-state index is 1.03. The molecule has 4 rings (SSSR count). The van der Waals surface area contributed by atoms with Crippen molar-refractivity contribution >= 4 is 21.8 Å². The van der Waals surface area contributed by atoms with Gasteiger partial charge in [-0.3, -0.25) is 4.57 Å². The number of imidazole rings is 1. The Balaban J connectivity index is 2.05. The monoisotopic (exact) mass is 244 g/mol. The molecule has 0 spiro atoms. The fourth-order valence-corrected chi connectivity index (χ4v) is 2.49. The van der Waals surface area contributed by atoms with Crippen LogP contribution in [-0.4, -0.2) is 9.55 Å². The Labute approximate surface area is 110 Å². The van der Waals surface area contributed by atoms with Gasteiger partial charge in [-0.1, -0.05) is 42.5 Å². The van der Waals surface area contributed by atoms with E-state index >= 15 is 0 Å². The third-order valence-corrected chi connectivity index (χ3v) is 3.45. The fraction of sp³-hybridized carbons (Fsp3) is 0. The lowest BCUT2D eigenvalue weighted by Gasteiger charge is -2.04. The van der Waals surface area contributed by atoms with Crippen molar-refractivity contribution in [2.24, 2.45) is 0 Å². The van der Waals surface area contributed by atoms with Gasteiger partial charge in [-0.25, -0.2) is 4.98 Å². The molecule has 1 heterocycles. The smallest absolute Gasteiger partial charge is 0.100 e. The van der Waals surface area contributed by atoms with E-state index < -0.39 is 0 Å². The third kappa shape index (κ3) is 1.61. The average Bonchev–Trinajstić information content (AvgIpc) is 2.88. The second-order valence-electron chi connectivity index (χ2n) is 4.64. The van der Waals surface area contributed by atoms with Crippen LogP contribution in [0.3, 0.4) is 0 Å². The van der Waals surface area contributed by atoms with Gasteiger partial charge in [0, 0.05) is 5.69 Å². The van der Waals surface area contributed by atoms with E-state index in [1.165, 1.54) is 10.8 Å². The summed E-state index contributed by atoms with van der Waals surface area (Å²) in [6, 6.07) is 23.0. The molecule has 0 bridgehead atoms. The molecule has 0 unspecified atom stereocenters. The van der Waals surface area contributed by atoms with E-state index in [0.29, 0.717) is 0 Å². The maximum Gasteiger partial charge on any atom is 0.100 e. The Morgan fingerprint density at radius 3 is 2.21 bits per heavy atom. The zero-order valence-corrected chi connectivity index (χ0v) is 10.3. The van der Waals surface area contributed by atoms with Crippen molar-refractivity contribution in [1.82, 2.24) is 9.55 Å². The molecular weight excluding hydrogens is 232 g/mol. The van der Waals surface area contributed by atoms with Gasteiger partial charge in [0.25, 0.3) is 0 Å². The Hall–Kier alpha value is -2.61. The van der Waals surface area contributed by atoms with Gasteiger partial charge in [-0.2, -0.15) is 0 Å². The van der Waals surface area contributed by atoms with Gasteiger partial charge in [0.1, 0.15) is 6.33 Å². The molecule has 4 aromatic rings. The molecule has 1 aromatic heterocycles. The summed E-state index contributed by atoms with van der Waals surface area (Å²) in [6.45, 7) is 0. The van der Waals surface area contributed by atoms with Gasteiger partial charge in [-0.15, -0.1) is 0 Å². The van der Waals surface area contributed by atoms with Crippen LogP contribution in [-0.2, 0) is 0 Å². The van der Waals surface area contributed by atoms with Crippen LogP contribution in [0.25, 0.3) is 27.5 Å². The fourth-order valence-electron chi connectivity index (χ4n) is 2.49. The van der Waals surface area contributed by atoms with Crippen LogP contribution in [0.15, 0.2) is 73.1 Å². The molecule has 0 atom stereocenters. The molecule has 90 valence electrons. The summed E-state index contributed by atoms with van der Waals surface area (Å²) in [5, 5.41) is 2.47. The molecule has 2 nitrogen and oxygen atoms in total. The summed E-state index contributed by atoms with van der Waals surface area (Å²) in [6.07, 6.45) is 1.89. The van der Waals surface area contributed by atoms with Gasteiger partial charge >= 0.3 is 0 Å². The summed E-state index contributed by atoms with van der Waals surface area (Å²) < 4.78 is 2.13. The number of rotatable bonds is 1. The van der Waals surface area contributed by atoms with Crippen molar-refractivity contribution in [3.8, 4) is 5.69 Å². The standard InChI is InChI=1S/C17H12N2/c1-2-8-15(9-3-1)19-12-18-16-10-13-6-4-5-7-14(13)11-17(16)19/h1-12H. The predicted octanol–water partition coefficient (Wildman–Crippen LogP) is 4.18. The molecule has 0 fully saturated rings. The largest absolute Gasteiger partial charge is 0.299 e. The lowest BCUT2D eigenvalue weighted by Crippen LogP contribution is -1.90. The van der Waals surface area contributed by atoms with E-state index in [2.05, 4.69) is 58.1 Å². The number of para-hydroxylation sites is 1. The number of hydrogen-bond donors (Lipinski definition) is 0. The van der Waals surface area contributed by atoms with Crippen LogP contribution < -0.4 is 0 Å². The molecule has 0 radical (unpaired) electrons. The SMILES string of the molecule is c1ccc(-n2cnc3cc4ccccc4cc32)cc1. The first-order valence-electron chi connectivity index (χ1n) is 6.33. The van der Waals surface area contributed by atoms with Crippen LogP contribution in [0.5, 0.6) is 0 Å². The van der Waals surface area contributed by atoms with Crippen LogP contribution >= 0.6 is 0 Å². The second-order valence-corrected chi connectivity index (χ2v) is 4.64. The van der Waals surface area contributed by atoms with Crippen molar-refractivity contribution in [3.63, 3.8) is 0 Å².